The first-order chi connectivity index (χ1) is 6.41. The summed E-state index contributed by atoms with van der Waals surface area (Å²) in [5, 5.41) is 0. The molecular weight excluding hydrogens is 178 g/mol. The number of primary amides is 1. The molecule has 0 radical (unpaired) electrons. The van der Waals surface area contributed by atoms with Gasteiger partial charge >= 0.3 is 0 Å². The number of hydrogen-bond acceptors (Lipinski definition) is 3. The van der Waals surface area contributed by atoms with Gasteiger partial charge in [-0.1, -0.05) is 13.8 Å². The van der Waals surface area contributed by atoms with Crippen molar-refractivity contribution in [3.05, 3.63) is 0 Å². The average molecular weight is 201 g/mol. The minimum absolute atomic E-state index is 0.246. The van der Waals surface area contributed by atoms with Crippen LogP contribution in [0.2, 0.25) is 0 Å². The van der Waals surface area contributed by atoms with Crippen LogP contribution in [0.4, 0.5) is 0 Å². The molecule has 0 aromatic rings. The quantitative estimate of drug-likeness (QED) is 0.630. The zero-order valence-electron chi connectivity index (χ0n) is 9.79. The van der Waals surface area contributed by atoms with Gasteiger partial charge in [0.15, 0.2) is 0 Å². The van der Waals surface area contributed by atoms with Gasteiger partial charge < -0.3 is 10.6 Å². The Morgan fingerprint density at radius 1 is 1.29 bits per heavy atom. The summed E-state index contributed by atoms with van der Waals surface area (Å²) < 4.78 is 0. The van der Waals surface area contributed by atoms with Crippen molar-refractivity contribution in [2.45, 2.75) is 13.8 Å². The SMILES string of the molecule is CC(C)CN(CCN(C)C)CC(N)=O. The van der Waals surface area contributed by atoms with Crippen LogP contribution in [0.5, 0.6) is 0 Å². The molecule has 0 unspecified atom stereocenters. The highest BCUT2D eigenvalue weighted by atomic mass is 16.1. The van der Waals surface area contributed by atoms with E-state index in [1.165, 1.54) is 0 Å². The minimum Gasteiger partial charge on any atom is -0.369 e. The third-order valence-electron chi connectivity index (χ3n) is 1.87. The van der Waals surface area contributed by atoms with E-state index in [2.05, 4.69) is 23.6 Å². The maximum atomic E-state index is 10.8. The zero-order chi connectivity index (χ0) is 11.1. The van der Waals surface area contributed by atoms with Gasteiger partial charge in [0.25, 0.3) is 0 Å². The largest absolute Gasteiger partial charge is 0.369 e. The molecule has 14 heavy (non-hydrogen) atoms. The smallest absolute Gasteiger partial charge is 0.231 e. The molecule has 84 valence electrons. The molecule has 4 heteroatoms. The molecule has 0 spiro atoms. The van der Waals surface area contributed by atoms with E-state index >= 15 is 0 Å². The maximum absolute atomic E-state index is 10.8. The summed E-state index contributed by atoms with van der Waals surface area (Å²) in [5.41, 5.74) is 5.18. The fourth-order valence-electron chi connectivity index (χ4n) is 1.31. The number of rotatable bonds is 7. The second kappa shape index (κ2) is 6.79. The summed E-state index contributed by atoms with van der Waals surface area (Å²) in [5.74, 6) is 0.320. The van der Waals surface area contributed by atoms with Crippen LogP contribution >= 0.6 is 0 Å². The average Bonchev–Trinajstić information content (AvgIpc) is 1.97. The van der Waals surface area contributed by atoms with E-state index in [0.717, 1.165) is 19.6 Å². The summed E-state index contributed by atoms with van der Waals surface area (Å²) in [7, 11) is 4.05. The number of likely N-dealkylation sites (N-methyl/N-ethyl adjacent to an activating group) is 1. The van der Waals surface area contributed by atoms with Gasteiger partial charge in [0.05, 0.1) is 6.54 Å². The second-order valence-corrected chi connectivity index (χ2v) is 4.40. The number of nitrogens with zero attached hydrogens (tertiary/aromatic N) is 2. The number of hydrogen-bond donors (Lipinski definition) is 1. The Labute approximate surface area is 87.0 Å². The predicted octanol–water partition coefficient (Wildman–Crippen LogP) is -0.00870. The Kier molecular flexibility index (Phi) is 6.49. The molecule has 0 aliphatic rings. The molecule has 2 N–H and O–H groups in total. The van der Waals surface area contributed by atoms with E-state index in [-0.39, 0.29) is 5.91 Å². The Hall–Kier alpha value is -0.610. The van der Waals surface area contributed by atoms with Crippen LogP contribution in [0.3, 0.4) is 0 Å². The molecule has 0 saturated carbocycles. The number of nitrogens with two attached hydrogens (primary N) is 1. The number of carbonyl (C=O) groups excluding carboxylic acids is 1. The summed E-state index contributed by atoms with van der Waals surface area (Å²) in [4.78, 5) is 15.0. The second-order valence-electron chi connectivity index (χ2n) is 4.40. The van der Waals surface area contributed by atoms with Crippen LogP contribution in [0.25, 0.3) is 0 Å². The van der Waals surface area contributed by atoms with Crippen LogP contribution in [-0.4, -0.2) is 56.0 Å². The molecule has 0 rings (SSSR count). The van der Waals surface area contributed by atoms with Crippen LogP contribution in [0, 0.1) is 5.92 Å². The van der Waals surface area contributed by atoms with E-state index in [4.69, 9.17) is 5.73 Å². The summed E-state index contributed by atoms with van der Waals surface area (Å²) in [6, 6.07) is 0. The van der Waals surface area contributed by atoms with Crippen LogP contribution < -0.4 is 5.73 Å². The first-order valence-electron chi connectivity index (χ1n) is 5.07. The third-order valence-corrected chi connectivity index (χ3v) is 1.87. The standard InChI is InChI=1S/C10H23N3O/c1-9(2)7-13(8-10(11)14)6-5-12(3)4/h9H,5-8H2,1-4H3,(H2,11,14). The Morgan fingerprint density at radius 3 is 2.21 bits per heavy atom. The van der Waals surface area contributed by atoms with Gasteiger partial charge in [-0.15, -0.1) is 0 Å². The van der Waals surface area contributed by atoms with Crippen LogP contribution in [0.15, 0.2) is 0 Å². The van der Waals surface area contributed by atoms with Gasteiger partial charge in [0, 0.05) is 19.6 Å². The van der Waals surface area contributed by atoms with Gasteiger partial charge in [-0.2, -0.15) is 0 Å². The van der Waals surface area contributed by atoms with Gasteiger partial charge in [0.1, 0.15) is 0 Å². The third kappa shape index (κ3) is 8.01. The first kappa shape index (κ1) is 13.4. The molecule has 0 heterocycles. The highest BCUT2D eigenvalue weighted by Gasteiger charge is 2.09. The number of amides is 1. The molecule has 0 bridgehead atoms. The van der Waals surface area contributed by atoms with E-state index in [9.17, 15) is 4.79 Å². The van der Waals surface area contributed by atoms with Crippen molar-refractivity contribution in [2.24, 2.45) is 11.7 Å². The molecule has 0 fully saturated rings. The van der Waals surface area contributed by atoms with E-state index in [0.29, 0.717) is 12.5 Å². The molecule has 0 atom stereocenters. The van der Waals surface area contributed by atoms with Crippen LogP contribution in [0.1, 0.15) is 13.8 Å². The molecule has 0 aliphatic carbocycles. The molecule has 0 aromatic carbocycles. The van der Waals surface area contributed by atoms with Gasteiger partial charge in [0.2, 0.25) is 5.91 Å². The lowest BCUT2D eigenvalue weighted by Crippen LogP contribution is -2.39. The molecule has 1 amide bonds. The van der Waals surface area contributed by atoms with Gasteiger partial charge in [-0.25, -0.2) is 0 Å². The summed E-state index contributed by atoms with van der Waals surface area (Å²) in [6.07, 6.45) is 0. The van der Waals surface area contributed by atoms with Gasteiger partial charge in [-0.3, -0.25) is 9.69 Å². The van der Waals surface area contributed by atoms with E-state index < -0.39 is 0 Å². The lowest BCUT2D eigenvalue weighted by atomic mass is 10.2. The molecule has 0 saturated heterocycles. The zero-order valence-corrected chi connectivity index (χ0v) is 9.79. The first-order valence-corrected chi connectivity index (χ1v) is 5.07. The monoisotopic (exact) mass is 201 g/mol. The molecule has 0 aromatic heterocycles. The Morgan fingerprint density at radius 2 is 1.86 bits per heavy atom. The Bertz CT molecular complexity index is 169. The lowest BCUT2D eigenvalue weighted by molar-refractivity contribution is -0.119. The summed E-state index contributed by atoms with van der Waals surface area (Å²) in [6.45, 7) is 7.43. The molecule has 4 nitrogen and oxygen atoms in total. The summed E-state index contributed by atoms with van der Waals surface area (Å²) >= 11 is 0. The van der Waals surface area contributed by atoms with Crippen molar-refractivity contribution >= 4 is 5.91 Å². The van der Waals surface area contributed by atoms with E-state index in [1.54, 1.807) is 0 Å². The molecule has 0 aliphatic heterocycles. The highest BCUT2D eigenvalue weighted by Crippen LogP contribution is 1.98. The van der Waals surface area contributed by atoms with Crippen LogP contribution in [-0.2, 0) is 4.79 Å². The minimum atomic E-state index is -0.246. The topological polar surface area (TPSA) is 49.6 Å². The Balaban J connectivity index is 3.90. The predicted molar refractivity (Wildman–Crippen MR) is 59.0 cm³/mol. The van der Waals surface area contributed by atoms with Crippen molar-refractivity contribution < 1.29 is 4.79 Å². The van der Waals surface area contributed by atoms with Crippen molar-refractivity contribution in [1.82, 2.24) is 9.80 Å². The van der Waals surface area contributed by atoms with Crippen molar-refractivity contribution in [1.29, 1.82) is 0 Å². The van der Waals surface area contributed by atoms with Gasteiger partial charge in [-0.05, 0) is 20.0 Å². The fourth-order valence-corrected chi connectivity index (χ4v) is 1.31. The van der Waals surface area contributed by atoms with Crippen molar-refractivity contribution in [2.75, 3.05) is 40.3 Å². The van der Waals surface area contributed by atoms with Crippen molar-refractivity contribution in [3.63, 3.8) is 0 Å². The normalized spacial score (nSPS) is 11.6. The number of carbonyl (C=O) groups is 1. The van der Waals surface area contributed by atoms with Crippen molar-refractivity contribution in [3.8, 4) is 0 Å². The fraction of sp³-hybridized carbons (Fsp3) is 0.900. The lowest BCUT2D eigenvalue weighted by Gasteiger charge is -2.24. The van der Waals surface area contributed by atoms with E-state index in [1.807, 2.05) is 14.1 Å². The highest BCUT2D eigenvalue weighted by molar-refractivity contribution is 5.75. The maximum Gasteiger partial charge on any atom is 0.231 e. The molecular formula is C10H23N3O.